The molecule has 6 heteroatoms. The summed E-state index contributed by atoms with van der Waals surface area (Å²) in [6.45, 7) is 4.62. The SMILES string of the molecule is O=C(Cc1ccccc1)Nc1ccc(-c2ccc3ncc(N4CCC(N5CCCCC5)CC4)nc3c2)cc1. The van der Waals surface area contributed by atoms with Crippen LogP contribution in [0.15, 0.2) is 79.0 Å². The van der Waals surface area contributed by atoms with Crippen molar-refractivity contribution in [1.82, 2.24) is 14.9 Å². The van der Waals surface area contributed by atoms with Crippen LogP contribution in [0.3, 0.4) is 0 Å². The van der Waals surface area contributed by atoms with E-state index in [1.807, 2.05) is 66.9 Å². The molecule has 6 rings (SSSR count). The van der Waals surface area contributed by atoms with Gasteiger partial charge in [-0.3, -0.25) is 9.78 Å². The smallest absolute Gasteiger partial charge is 0.228 e. The van der Waals surface area contributed by atoms with E-state index in [0.29, 0.717) is 6.42 Å². The fourth-order valence-electron chi connectivity index (χ4n) is 5.81. The molecule has 2 aliphatic rings. The summed E-state index contributed by atoms with van der Waals surface area (Å²) in [5.41, 5.74) is 5.80. The summed E-state index contributed by atoms with van der Waals surface area (Å²) in [6.07, 6.45) is 8.79. The molecule has 0 unspecified atom stereocenters. The van der Waals surface area contributed by atoms with Crippen molar-refractivity contribution < 1.29 is 4.79 Å². The highest BCUT2D eigenvalue weighted by Crippen LogP contribution is 2.27. The van der Waals surface area contributed by atoms with Crippen LogP contribution in [-0.4, -0.2) is 53.0 Å². The number of hydrogen-bond donors (Lipinski definition) is 1. The molecule has 1 aromatic heterocycles. The van der Waals surface area contributed by atoms with Gasteiger partial charge >= 0.3 is 0 Å². The summed E-state index contributed by atoms with van der Waals surface area (Å²) in [5, 5.41) is 3.00. The third-order valence-electron chi connectivity index (χ3n) is 7.93. The molecule has 0 aliphatic carbocycles. The Morgan fingerprint density at radius 2 is 1.55 bits per heavy atom. The minimum absolute atomic E-state index is 0.0163. The van der Waals surface area contributed by atoms with E-state index >= 15 is 0 Å². The molecule has 0 radical (unpaired) electrons. The molecule has 194 valence electrons. The Bertz CT molecular complexity index is 1370. The number of aromatic nitrogens is 2. The van der Waals surface area contributed by atoms with Crippen LogP contribution in [0.5, 0.6) is 0 Å². The quantitative estimate of drug-likeness (QED) is 0.352. The van der Waals surface area contributed by atoms with Crippen molar-refractivity contribution in [3.05, 3.63) is 84.6 Å². The monoisotopic (exact) mass is 505 g/mol. The minimum Gasteiger partial charge on any atom is -0.355 e. The fourth-order valence-corrected chi connectivity index (χ4v) is 5.81. The number of nitrogens with zero attached hydrogens (tertiary/aromatic N) is 4. The predicted molar refractivity (Wildman–Crippen MR) is 154 cm³/mol. The second-order valence-corrected chi connectivity index (χ2v) is 10.5. The van der Waals surface area contributed by atoms with Crippen molar-refractivity contribution in [2.75, 3.05) is 36.4 Å². The van der Waals surface area contributed by atoms with Crippen LogP contribution in [0.1, 0.15) is 37.7 Å². The van der Waals surface area contributed by atoms with Gasteiger partial charge in [0.1, 0.15) is 5.82 Å². The zero-order valence-corrected chi connectivity index (χ0v) is 21.9. The van der Waals surface area contributed by atoms with Gasteiger partial charge in [0.2, 0.25) is 5.91 Å². The summed E-state index contributed by atoms with van der Waals surface area (Å²) in [6, 6.07) is 24.8. The molecule has 0 bridgehead atoms. The van der Waals surface area contributed by atoms with Gasteiger partial charge in [-0.25, -0.2) is 4.98 Å². The Morgan fingerprint density at radius 3 is 2.32 bits per heavy atom. The summed E-state index contributed by atoms with van der Waals surface area (Å²) >= 11 is 0. The molecule has 1 amide bonds. The van der Waals surface area contributed by atoms with Crippen molar-refractivity contribution in [3.8, 4) is 11.1 Å². The summed E-state index contributed by atoms with van der Waals surface area (Å²) in [5.74, 6) is 0.959. The number of amides is 1. The molecule has 0 spiro atoms. The summed E-state index contributed by atoms with van der Waals surface area (Å²) in [7, 11) is 0. The van der Waals surface area contributed by atoms with Crippen LogP contribution in [-0.2, 0) is 11.2 Å². The van der Waals surface area contributed by atoms with E-state index in [9.17, 15) is 4.79 Å². The number of fused-ring (bicyclic) bond motifs is 1. The van der Waals surface area contributed by atoms with E-state index in [-0.39, 0.29) is 5.91 Å². The first kappa shape index (κ1) is 24.6. The molecule has 2 fully saturated rings. The lowest BCUT2D eigenvalue weighted by Gasteiger charge is -2.40. The number of carbonyl (C=O) groups is 1. The van der Waals surface area contributed by atoms with E-state index in [2.05, 4.69) is 27.2 Å². The lowest BCUT2D eigenvalue weighted by Crippen LogP contribution is -2.46. The van der Waals surface area contributed by atoms with E-state index in [1.165, 1.54) is 45.2 Å². The summed E-state index contributed by atoms with van der Waals surface area (Å²) < 4.78 is 0. The number of hydrogen-bond acceptors (Lipinski definition) is 5. The summed E-state index contributed by atoms with van der Waals surface area (Å²) in [4.78, 5) is 27.2. The number of anilines is 2. The molecule has 38 heavy (non-hydrogen) atoms. The van der Waals surface area contributed by atoms with E-state index in [4.69, 9.17) is 9.97 Å². The van der Waals surface area contributed by atoms with Gasteiger partial charge in [-0.15, -0.1) is 0 Å². The molecule has 3 heterocycles. The maximum Gasteiger partial charge on any atom is 0.228 e. The zero-order valence-electron chi connectivity index (χ0n) is 21.9. The molecule has 3 aromatic carbocycles. The van der Waals surface area contributed by atoms with Crippen LogP contribution in [0.4, 0.5) is 11.5 Å². The first-order chi connectivity index (χ1) is 18.7. The molecule has 4 aromatic rings. The standard InChI is InChI=1S/C32H35N5O/c38-32(21-24-7-3-1-4-8-24)34-27-12-9-25(10-13-27)26-11-14-29-30(22-26)35-31(23-33-29)37-19-15-28(16-20-37)36-17-5-2-6-18-36/h1,3-4,7-14,22-23,28H,2,5-6,15-21H2,(H,34,38). The highest BCUT2D eigenvalue weighted by molar-refractivity contribution is 5.92. The second kappa shape index (κ2) is 11.3. The Kier molecular flexibility index (Phi) is 7.31. The van der Waals surface area contributed by atoms with Crippen LogP contribution >= 0.6 is 0 Å². The largest absolute Gasteiger partial charge is 0.355 e. The average molecular weight is 506 g/mol. The normalized spacial score (nSPS) is 17.0. The van der Waals surface area contributed by atoms with Gasteiger partial charge in [0.15, 0.2) is 0 Å². The van der Waals surface area contributed by atoms with Crippen LogP contribution in [0, 0.1) is 0 Å². The first-order valence-electron chi connectivity index (χ1n) is 13.9. The molecular weight excluding hydrogens is 470 g/mol. The topological polar surface area (TPSA) is 61.4 Å². The van der Waals surface area contributed by atoms with Gasteiger partial charge in [-0.05, 0) is 79.7 Å². The van der Waals surface area contributed by atoms with Crippen molar-refractivity contribution in [3.63, 3.8) is 0 Å². The molecule has 0 saturated carbocycles. The third kappa shape index (κ3) is 5.70. The molecule has 6 nitrogen and oxygen atoms in total. The molecule has 2 aliphatic heterocycles. The maximum absolute atomic E-state index is 12.4. The number of piperidine rings is 2. The number of likely N-dealkylation sites (tertiary alicyclic amines) is 1. The Morgan fingerprint density at radius 1 is 0.816 bits per heavy atom. The number of carbonyl (C=O) groups excluding carboxylic acids is 1. The second-order valence-electron chi connectivity index (χ2n) is 10.5. The van der Waals surface area contributed by atoms with Crippen molar-refractivity contribution in [1.29, 1.82) is 0 Å². The average Bonchev–Trinajstić information content (AvgIpc) is 2.98. The molecule has 2 saturated heterocycles. The van der Waals surface area contributed by atoms with E-state index in [1.54, 1.807) is 0 Å². The fraction of sp³-hybridized carbons (Fsp3) is 0.344. The number of rotatable bonds is 6. The van der Waals surface area contributed by atoms with Gasteiger partial charge in [0, 0.05) is 24.8 Å². The van der Waals surface area contributed by atoms with Crippen molar-refractivity contribution in [2.45, 2.75) is 44.6 Å². The molecule has 0 atom stereocenters. The Balaban J connectivity index is 1.11. The van der Waals surface area contributed by atoms with Crippen molar-refractivity contribution >= 4 is 28.4 Å². The van der Waals surface area contributed by atoms with Crippen LogP contribution < -0.4 is 10.2 Å². The lowest BCUT2D eigenvalue weighted by molar-refractivity contribution is -0.115. The number of benzene rings is 3. The van der Waals surface area contributed by atoms with Gasteiger partial charge in [0.25, 0.3) is 0 Å². The van der Waals surface area contributed by atoms with Crippen LogP contribution in [0.2, 0.25) is 0 Å². The zero-order chi connectivity index (χ0) is 25.7. The predicted octanol–water partition coefficient (Wildman–Crippen LogP) is 5.93. The lowest BCUT2D eigenvalue weighted by atomic mass is 10.00. The van der Waals surface area contributed by atoms with Gasteiger partial charge in [-0.1, -0.05) is 55.0 Å². The molecule has 1 N–H and O–H groups in total. The van der Waals surface area contributed by atoms with Gasteiger partial charge in [-0.2, -0.15) is 0 Å². The van der Waals surface area contributed by atoms with Gasteiger partial charge in [0.05, 0.1) is 23.7 Å². The van der Waals surface area contributed by atoms with Gasteiger partial charge < -0.3 is 15.1 Å². The molecular formula is C32H35N5O. The Labute approximate surface area is 224 Å². The van der Waals surface area contributed by atoms with E-state index in [0.717, 1.165) is 58.4 Å². The maximum atomic E-state index is 12.4. The highest BCUT2D eigenvalue weighted by atomic mass is 16.1. The van der Waals surface area contributed by atoms with Crippen molar-refractivity contribution in [2.24, 2.45) is 0 Å². The minimum atomic E-state index is -0.0163. The Hall–Kier alpha value is -3.77. The van der Waals surface area contributed by atoms with Crippen LogP contribution in [0.25, 0.3) is 22.2 Å². The first-order valence-corrected chi connectivity index (χ1v) is 13.9. The number of nitrogens with one attached hydrogen (secondary N) is 1. The third-order valence-corrected chi connectivity index (χ3v) is 7.93. The van der Waals surface area contributed by atoms with E-state index < -0.39 is 0 Å². The highest BCUT2D eigenvalue weighted by Gasteiger charge is 2.26.